The van der Waals surface area contributed by atoms with Crippen LogP contribution >= 0.6 is 35.4 Å². The van der Waals surface area contributed by atoms with Gasteiger partial charge in [0.1, 0.15) is 6.61 Å². The van der Waals surface area contributed by atoms with E-state index in [1.807, 2.05) is 24.3 Å². The highest BCUT2D eigenvalue weighted by atomic mass is 35.5. The summed E-state index contributed by atoms with van der Waals surface area (Å²) in [4.78, 5) is 0. The standard InChI is InChI=1S/C17H17Cl2N3O2S/c1-20-17(25)22-21-9-11-3-6-15(16(7-11)23-2)24-10-12-4-5-13(18)8-14(12)19/h3-9H,10H2,1-2H3,(H2,20,22,25)/p+1. The SMILES string of the molecule is CNC(=S)N[NH+]=Cc1ccc(OCc2ccc(Cl)cc2Cl)c(OC)c1. The van der Waals surface area contributed by atoms with Crippen LogP contribution in [0.5, 0.6) is 11.5 Å². The average molecular weight is 399 g/mol. The third kappa shape index (κ3) is 5.77. The van der Waals surface area contributed by atoms with Crippen molar-refractivity contribution in [1.29, 1.82) is 0 Å². The van der Waals surface area contributed by atoms with Crippen LogP contribution in [0.1, 0.15) is 11.1 Å². The number of halogens is 2. The van der Waals surface area contributed by atoms with Crippen LogP contribution in [-0.2, 0) is 6.61 Å². The van der Waals surface area contributed by atoms with E-state index >= 15 is 0 Å². The lowest BCUT2D eigenvalue weighted by molar-refractivity contribution is -0.500. The number of methoxy groups -OCH3 is 1. The van der Waals surface area contributed by atoms with Crippen LogP contribution in [-0.4, -0.2) is 25.5 Å². The van der Waals surface area contributed by atoms with Crippen LogP contribution in [0.4, 0.5) is 0 Å². The fourth-order valence-corrected chi connectivity index (χ4v) is 2.46. The summed E-state index contributed by atoms with van der Waals surface area (Å²) in [6.07, 6.45) is 1.76. The molecule has 0 radical (unpaired) electrons. The van der Waals surface area contributed by atoms with E-state index in [1.54, 1.807) is 32.5 Å². The van der Waals surface area contributed by atoms with E-state index < -0.39 is 0 Å². The maximum absolute atomic E-state index is 6.16. The van der Waals surface area contributed by atoms with Crippen molar-refractivity contribution in [2.75, 3.05) is 14.2 Å². The first-order valence-electron chi connectivity index (χ1n) is 7.34. The third-order valence-corrected chi connectivity index (χ3v) is 4.13. The molecule has 0 unspecified atom stereocenters. The smallest absolute Gasteiger partial charge is 0.223 e. The van der Waals surface area contributed by atoms with Gasteiger partial charge in [-0.3, -0.25) is 0 Å². The summed E-state index contributed by atoms with van der Waals surface area (Å²) >= 11 is 17.0. The van der Waals surface area contributed by atoms with E-state index in [2.05, 4.69) is 15.8 Å². The molecule has 132 valence electrons. The summed E-state index contributed by atoms with van der Waals surface area (Å²) in [5.74, 6) is 1.22. The van der Waals surface area contributed by atoms with E-state index in [9.17, 15) is 0 Å². The summed E-state index contributed by atoms with van der Waals surface area (Å²) in [6.45, 7) is 0.311. The maximum atomic E-state index is 6.16. The lowest BCUT2D eigenvalue weighted by Gasteiger charge is -2.12. The van der Waals surface area contributed by atoms with E-state index in [4.69, 9.17) is 44.9 Å². The highest BCUT2D eigenvalue weighted by Gasteiger charge is 2.08. The molecule has 0 aromatic heterocycles. The molecular formula is C17H18Cl2N3O2S+. The molecule has 0 heterocycles. The predicted molar refractivity (Wildman–Crippen MR) is 105 cm³/mol. The summed E-state index contributed by atoms with van der Waals surface area (Å²) in [5, 5.41) is 7.33. The Kier molecular flexibility index (Phi) is 7.31. The van der Waals surface area contributed by atoms with Crippen molar-refractivity contribution >= 4 is 46.7 Å². The van der Waals surface area contributed by atoms with Gasteiger partial charge in [0.05, 0.1) is 7.11 Å². The Morgan fingerprint density at radius 3 is 2.68 bits per heavy atom. The molecular weight excluding hydrogens is 381 g/mol. The van der Waals surface area contributed by atoms with Crippen LogP contribution < -0.4 is 25.3 Å². The van der Waals surface area contributed by atoms with Crippen molar-refractivity contribution in [3.63, 3.8) is 0 Å². The van der Waals surface area contributed by atoms with Gasteiger partial charge in [0.15, 0.2) is 17.7 Å². The molecule has 0 atom stereocenters. The Balaban J connectivity index is 2.07. The number of nitrogens with one attached hydrogen (secondary N) is 3. The number of rotatable bonds is 6. The molecule has 25 heavy (non-hydrogen) atoms. The summed E-state index contributed by atoms with van der Waals surface area (Å²) in [5.41, 5.74) is 4.54. The minimum absolute atomic E-state index is 0.311. The lowest BCUT2D eigenvalue weighted by Crippen LogP contribution is -2.82. The minimum Gasteiger partial charge on any atom is -0.493 e. The van der Waals surface area contributed by atoms with Crippen LogP contribution in [0.3, 0.4) is 0 Å². The second kappa shape index (κ2) is 9.46. The normalized spacial score (nSPS) is 10.6. The highest BCUT2D eigenvalue weighted by Crippen LogP contribution is 2.29. The van der Waals surface area contributed by atoms with Gasteiger partial charge < -0.3 is 14.8 Å². The van der Waals surface area contributed by atoms with Gasteiger partial charge in [-0.15, -0.1) is 10.5 Å². The maximum Gasteiger partial charge on any atom is 0.223 e. The van der Waals surface area contributed by atoms with Gasteiger partial charge in [-0.1, -0.05) is 29.3 Å². The molecule has 2 aromatic rings. The van der Waals surface area contributed by atoms with Crippen LogP contribution in [0.15, 0.2) is 36.4 Å². The molecule has 3 N–H and O–H groups in total. The van der Waals surface area contributed by atoms with E-state index in [0.29, 0.717) is 33.3 Å². The van der Waals surface area contributed by atoms with Gasteiger partial charge in [0.25, 0.3) is 0 Å². The number of hydrazone groups is 1. The minimum atomic E-state index is 0.311. The van der Waals surface area contributed by atoms with Crippen LogP contribution in [0.25, 0.3) is 0 Å². The number of thiocarbonyl (C=S) groups is 1. The van der Waals surface area contributed by atoms with Gasteiger partial charge in [-0.05, 0) is 42.5 Å². The molecule has 0 aliphatic rings. The largest absolute Gasteiger partial charge is 0.493 e. The number of hydrogen-bond donors (Lipinski definition) is 3. The van der Waals surface area contributed by atoms with Crippen LogP contribution in [0, 0.1) is 0 Å². The first kappa shape index (κ1) is 19.3. The van der Waals surface area contributed by atoms with Crippen molar-refractivity contribution in [2.45, 2.75) is 6.61 Å². The van der Waals surface area contributed by atoms with Crippen molar-refractivity contribution < 1.29 is 14.6 Å². The molecule has 8 heteroatoms. The fraction of sp³-hybridized carbons (Fsp3) is 0.176. The predicted octanol–water partition coefficient (Wildman–Crippen LogP) is 2.09. The van der Waals surface area contributed by atoms with E-state index in [-0.39, 0.29) is 0 Å². The summed E-state index contributed by atoms with van der Waals surface area (Å²) in [6, 6.07) is 10.8. The molecule has 2 aromatic carbocycles. The zero-order valence-electron chi connectivity index (χ0n) is 13.7. The van der Waals surface area contributed by atoms with Crippen LogP contribution in [0.2, 0.25) is 10.0 Å². The van der Waals surface area contributed by atoms with Crippen molar-refractivity contribution in [1.82, 2.24) is 10.7 Å². The molecule has 0 aliphatic carbocycles. The number of ether oxygens (including phenoxy) is 2. The monoisotopic (exact) mass is 398 g/mol. The van der Waals surface area contributed by atoms with Gasteiger partial charge in [-0.2, -0.15) is 0 Å². The molecule has 0 saturated heterocycles. The first-order chi connectivity index (χ1) is 12.0. The van der Waals surface area contributed by atoms with Crippen molar-refractivity contribution in [2.24, 2.45) is 0 Å². The second-order valence-electron chi connectivity index (χ2n) is 4.93. The molecule has 2 rings (SSSR count). The van der Waals surface area contributed by atoms with Gasteiger partial charge in [0.2, 0.25) is 5.11 Å². The molecule has 0 saturated carbocycles. The Labute approximate surface area is 161 Å². The average Bonchev–Trinajstić information content (AvgIpc) is 2.61. The Hall–Kier alpha value is -2.02. The quantitative estimate of drug-likeness (QED) is 0.395. The fourth-order valence-electron chi connectivity index (χ4n) is 1.93. The van der Waals surface area contributed by atoms with Crippen molar-refractivity contribution in [3.05, 3.63) is 57.6 Å². The summed E-state index contributed by atoms with van der Waals surface area (Å²) in [7, 11) is 3.32. The topological polar surface area (TPSA) is 56.5 Å². The van der Waals surface area contributed by atoms with E-state index in [1.165, 1.54) is 0 Å². The zero-order valence-corrected chi connectivity index (χ0v) is 16.1. The number of hydrazine groups is 1. The third-order valence-electron chi connectivity index (χ3n) is 3.24. The molecule has 0 bridgehead atoms. The van der Waals surface area contributed by atoms with Gasteiger partial charge in [-0.25, -0.2) is 0 Å². The highest BCUT2D eigenvalue weighted by molar-refractivity contribution is 7.80. The molecule has 0 fully saturated rings. The molecule has 5 nitrogen and oxygen atoms in total. The van der Waals surface area contributed by atoms with E-state index in [0.717, 1.165) is 11.1 Å². The number of hydrogen-bond acceptors (Lipinski definition) is 3. The summed E-state index contributed by atoms with van der Waals surface area (Å²) < 4.78 is 11.2. The molecule has 0 amide bonds. The number of benzene rings is 2. The first-order valence-corrected chi connectivity index (χ1v) is 8.51. The molecule has 0 spiro atoms. The zero-order chi connectivity index (χ0) is 18.2. The van der Waals surface area contributed by atoms with Gasteiger partial charge >= 0.3 is 0 Å². The Bertz CT molecular complexity index is 784. The van der Waals surface area contributed by atoms with Gasteiger partial charge in [0, 0.05) is 28.2 Å². The van der Waals surface area contributed by atoms with Crippen molar-refractivity contribution in [3.8, 4) is 11.5 Å². The second-order valence-corrected chi connectivity index (χ2v) is 6.18. The molecule has 0 aliphatic heterocycles. The Morgan fingerprint density at radius 1 is 1.20 bits per heavy atom. The Morgan fingerprint density at radius 2 is 2.00 bits per heavy atom. The lowest BCUT2D eigenvalue weighted by atomic mass is 10.2.